The molecule has 4 heterocycles. The normalized spacial score (nSPS) is 36.1. The molecule has 2 fully saturated rings. The van der Waals surface area contributed by atoms with Crippen molar-refractivity contribution in [1.29, 1.82) is 0 Å². The fourth-order valence-electron chi connectivity index (χ4n) is 2.84. The predicted molar refractivity (Wildman–Crippen MR) is 91.5 cm³/mol. The van der Waals surface area contributed by atoms with Gasteiger partial charge in [-0.2, -0.15) is 0 Å². The first-order chi connectivity index (χ1) is 11.4. The van der Waals surface area contributed by atoms with E-state index in [1.54, 1.807) is 23.1 Å². The van der Waals surface area contributed by atoms with Gasteiger partial charge in [-0.05, 0) is 39.6 Å². The molecule has 2 aromatic rings. The standard InChI is InChI=1S/C12H14BrN4O5PS/c1-24-23(19)20-4-6-9(22-23)8(18)11(21-6)17-10-7(16-12(17)13)5(14)2-3-15-10/h2-3,6,8-9,11,18H,4H2,1H3,(H2,14,15)/t6-,8?,9?,11-,23?/m1/s1. The number of nitrogens with two attached hydrogens (primary N) is 1. The van der Waals surface area contributed by atoms with Crippen LogP contribution >= 0.6 is 34.1 Å². The number of hydrogen-bond donors (Lipinski definition) is 2. The maximum absolute atomic E-state index is 12.3. The van der Waals surface area contributed by atoms with Crippen LogP contribution in [0.25, 0.3) is 11.2 Å². The van der Waals surface area contributed by atoms with Crippen LogP contribution in [0, 0.1) is 0 Å². The number of aromatic nitrogens is 3. The minimum absolute atomic E-state index is 0.0795. The number of pyridine rings is 1. The van der Waals surface area contributed by atoms with Crippen LogP contribution in [0.1, 0.15) is 6.23 Å². The Labute approximate surface area is 149 Å². The number of nitrogens with zero attached hydrogens (tertiary/aromatic N) is 3. The molecule has 0 spiro atoms. The average Bonchev–Trinajstić information content (AvgIpc) is 3.05. The molecule has 4 rings (SSSR count). The fraction of sp³-hybridized carbons (Fsp3) is 0.500. The van der Waals surface area contributed by atoms with Crippen molar-refractivity contribution in [2.75, 3.05) is 18.6 Å². The SMILES string of the molecule is CSP1(=O)OC[C@H]2O[C@@H](n3c(Br)nc4c(N)ccnc43)C(O)C2O1. The Morgan fingerprint density at radius 1 is 1.58 bits per heavy atom. The number of anilines is 1. The van der Waals surface area contributed by atoms with Crippen molar-refractivity contribution in [3.63, 3.8) is 0 Å². The smallest absolute Gasteiger partial charge is 0.389 e. The van der Waals surface area contributed by atoms with Gasteiger partial charge in [0.1, 0.15) is 23.8 Å². The zero-order valence-corrected chi connectivity index (χ0v) is 15.7. The van der Waals surface area contributed by atoms with E-state index in [0.717, 1.165) is 11.4 Å². The molecule has 9 nitrogen and oxygen atoms in total. The predicted octanol–water partition coefficient (Wildman–Crippen LogP) is 1.92. The monoisotopic (exact) mass is 436 g/mol. The second-order valence-electron chi connectivity index (χ2n) is 5.37. The number of aliphatic hydroxyl groups is 1. The van der Waals surface area contributed by atoms with Crippen molar-refractivity contribution in [1.82, 2.24) is 14.5 Å². The molecule has 5 atom stereocenters. The number of ether oxygens (including phenoxy) is 1. The van der Waals surface area contributed by atoms with E-state index in [-0.39, 0.29) is 6.61 Å². The van der Waals surface area contributed by atoms with Crippen LogP contribution in [0.15, 0.2) is 17.0 Å². The molecule has 12 heteroatoms. The summed E-state index contributed by atoms with van der Waals surface area (Å²) in [6.07, 6.45) is 0.0186. The van der Waals surface area contributed by atoms with Gasteiger partial charge in [0, 0.05) is 6.20 Å². The third-order valence-electron chi connectivity index (χ3n) is 4.00. The Morgan fingerprint density at radius 2 is 2.38 bits per heavy atom. The van der Waals surface area contributed by atoms with Crippen molar-refractivity contribution in [3.05, 3.63) is 17.0 Å². The summed E-state index contributed by atoms with van der Waals surface area (Å²) in [5.74, 6) is 0. The number of aliphatic hydroxyl groups excluding tert-OH is 1. The lowest BCUT2D eigenvalue weighted by Gasteiger charge is -2.30. The number of hydrogen-bond acceptors (Lipinski definition) is 9. The first kappa shape index (κ1) is 16.8. The molecule has 0 aliphatic carbocycles. The van der Waals surface area contributed by atoms with Gasteiger partial charge in [-0.3, -0.25) is 13.6 Å². The number of rotatable bonds is 2. The van der Waals surface area contributed by atoms with Gasteiger partial charge in [-0.15, -0.1) is 0 Å². The Kier molecular flexibility index (Phi) is 4.15. The highest BCUT2D eigenvalue weighted by molar-refractivity contribution is 9.10. The lowest BCUT2D eigenvalue weighted by molar-refractivity contribution is -0.0569. The third-order valence-corrected chi connectivity index (χ3v) is 7.89. The van der Waals surface area contributed by atoms with E-state index in [0.29, 0.717) is 21.6 Å². The average molecular weight is 437 g/mol. The fourth-order valence-corrected chi connectivity index (χ4v) is 5.59. The van der Waals surface area contributed by atoms with Gasteiger partial charge in [0.15, 0.2) is 16.6 Å². The quantitative estimate of drug-likeness (QED) is 0.679. The molecule has 0 saturated carbocycles. The van der Waals surface area contributed by atoms with E-state index in [2.05, 4.69) is 25.9 Å². The highest BCUT2D eigenvalue weighted by atomic mass is 79.9. The number of nitrogen functional groups attached to an aromatic ring is 1. The van der Waals surface area contributed by atoms with E-state index in [9.17, 15) is 9.67 Å². The summed E-state index contributed by atoms with van der Waals surface area (Å²) in [5.41, 5.74) is 7.36. The molecular formula is C12H14BrN4O5PS. The largest absolute Gasteiger partial charge is 0.397 e. The maximum atomic E-state index is 12.3. The van der Waals surface area contributed by atoms with Crippen LogP contribution < -0.4 is 5.73 Å². The van der Waals surface area contributed by atoms with Gasteiger partial charge in [-0.1, -0.05) is 0 Å². The van der Waals surface area contributed by atoms with E-state index in [1.165, 1.54) is 0 Å². The number of imidazole rings is 1. The van der Waals surface area contributed by atoms with Crippen LogP contribution in [-0.4, -0.2) is 50.8 Å². The van der Waals surface area contributed by atoms with Crippen LogP contribution in [0.3, 0.4) is 0 Å². The third kappa shape index (κ3) is 2.50. The first-order valence-corrected chi connectivity index (χ1v) is 11.2. The maximum Gasteiger partial charge on any atom is 0.389 e. The summed E-state index contributed by atoms with van der Waals surface area (Å²) >= 11 is 4.34. The van der Waals surface area contributed by atoms with Gasteiger partial charge >= 0.3 is 6.80 Å². The first-order valence-electron chi connectivity index (χ1n) is 7.03. The van der Waals surface area contributed by atoms with Crippen LogP contribution in [0.5, 0.6) is 0 Å². The summed E-state index contributed by atoms with van der Waals surface area (Å²) in [4.78, 5) is 8.60. The van der Waals surface area contributed by atoms with Gasteiger partial charge < -0.3 is 15.6 Å². The van der Waals surface area contributed by atoms with E-state index < -0.39 is 31.3 Å². The van der Waals surface area contributed by atoms with Crippen molar-refractivity contribution in [2.45, 2.75) is 24.5 Å². The van der Waals surface area contributed by atoms with Gasteiger partial charge in [0.05, 0.1) is 12.3 Å². The Balaban J connectivity index is 1.73. The van der Waals surface area contributed by atoms with Gasteiger partial charge in [-0.25, -0.2) is 14.5 Å². The molecule has 2 aliphatic heterocycles. The molecule has 3 N–H and O–H groups in total. The molecule has 2 saturated heterocycles. The Morgan fingerprint density at radius 3 is 3.12 bits per heavy atom. The molecular weight excluding hydrogens is 423 g/mol. The molecule has 0 bridgehead atoms. The zero-order valence-electron chi connectivity index (χ0n) is 12.4. The van der Waals surface area contributed by atoms with Crippen LogP contribution in [0.4, 0.5) is 5.69 Å². The molecule has 0 amide bonds. The summed E-state index contributed by atoms with van der Waals surface area (Å²) in [6, 6.07) is 1.64. The Bertz CT molecular complexity index is 850. The summed E-state index contributed by atoms with van der Waals surface area (Å²) in [5, 5.41) is 10.7. The summed E-state index contributed by atoms with van der Waals surface area (Å²) < 4.78 is 30.9. The van der Waals surface area contributed by atoms with Crippen LogP contribution in [0.2, 0.25) is 0 Å². The van der Waals surface area contributed by atoms with Gasteiger partial charge in [0.25, 0.3) is 0 Å². The van der Waals surface area contributed by atoms with Crippen molar-refractivity contribution in [2.24, 2.45) is 0 Å². The lowest BCUT2D eigenvalue weighted by Crippen LogP contribution is -2.38. The number of fused-ring (bicyclic) bond motifs is 2. The summed E-state index contributed by atoms with van der Waals surface area (Å²) in [6.45, 7) is -3.19. The number of halogens is 1. The molecule has 2 aliphatic rings. The molecule has 0 aromatic carbocycles. The minimum Gasteiger partial charge on any atom is -0.397 e. The molecule has 2 aromatic heterocycles. The zero-order chi connectivity index (χ0) is 17.1. The van der Waals surface area contributed by atoms with Crippen molar-refractivity contribution in [3.8, 4) is 0 Å². The second-order valence-corrected chi connectivity index (χ2v) is 10.2. The lowest BCUT2D eigenvalue weighted by atomic mass is 10.1. The van der Waals surface area contributed by atoms with E-state index in [4.69, 9.17) is 19.5 Å². The topological polar surface area (TPSA) is 122 Å². The molecule has 24 heavy (non-hydrogen) atoms. The second kappa shape index (κ2) is 5.94. The van der Waals surface area contributed by atoms with E-state index in [1.807, 2.05) is 0 Å². The van der Waals surface area contributed by atoms with E-state index >= 15 is 0 Å². The molecule has 0 radical (unpaired) electrons. The van der Waals surface area contributed by atoms with Crippen molar-refractivity contribution < 1.29 is 23.5 Å². The highest BCUT2D eigenvalue weighted by Crippen LogP contribution is 2.64. The van der Waals surface area contributed by atoms with Crippen LogP contribution in [-0.2, 0) is 18.3 Å². The van der Waals surface area contributed by atoms with Gasteiger partial charge in [0.2, 0.25) is 0 Å². The molecule has 3 unspecified atom stereocenters. The molecule has 130 valence electrons. The van der Waals surface area contributed by atoms with Crippen molar-refractivity contribution >= 4 is 51.0 Å². The highest BCUT2D eigenvalue weighted by Gasteiger charge is 2.53. The Hall–Kier alpha value is -0.680. The summed E-state index contributed by atoms with van der Waals surface area (Å²) in [7, 11) is 0. The minimum atomic E-state index is -3.27.